The van der Waals surface area contributed by atoms with Gasteiger partial charge in [-0.1, -0.05) is 58.0 Å². The van der Waals surface area contributed by atoms with Crippen LogP contribution in [0.4, 0.5) is 22.7 Å². The molecule has 0 bridgehead atoms. The van der Waals surface area contributed by atoms with Gasteiger partial charge in [0.05, 0.1) is 28.9 Å². The summed E-state index contributed by atoms with van der Waals surface area (Å²) in [7, 11) is 0. The standard InChI is InChI=1S/C26H31N3/c1-17(2)21-10-9-11-22(18(3)4)26(21)29-20(6)28(23-12-7-8-13-24(23)29)25-16-27-15-14-19(25)5/h7-18,20H,1-6H3/t20-/m0/s1. The number of fused-ring (bicyclic) bond motifs is 1. The van der Waals surface area contributed by atoms with Gasteiger partial charge in [0, 0.05) is 6.20 Å². The summed E-state index contributed by atoms with van der Waals surface area (Å²) in [4.78, 5) is 9.39. The molecule has 0 N–H and O–H groups in total. The molecule has 3 heteroatoms. The first-order valence-electron chi connectivity index (χ1n) is 10.6. The molecule has 29 heavy (non-hydrogen) atoms. The Morgan fingerprint density at radius 2 is 1.34 bits per heavy atom. The molecule has 0 aliphatic carbocycles. The van der Waals surface area contributed by atoms with Crippen molar-refractivity contribution in [3.8, 4) is 0 Å². The fourth-order valence-electron chi connectivity index (χ4n) is 4.53. The SMILES string of the molecule is Cc1ccncc1N1c2ccccc2N(c2c(C(C)C)cccc2C(C)C)[C@H]1C. The molecule has 0 saturated carbocycles. The van der Waals surface area contributed by atoms with Crippen molar-refractivity contribution in [3.05, 3.63) is 77.6 Å². The third-order valence-electron chi connectivity index (χ3n) is 6.00. The van der Waals surface area contributed by atoms with Crippen molar-refractivity contribution in [2.45, 2.75) is 59.5 Å². The Morgan fingerprint density at radius 1 is 0.759 bits per heavy atom. The monoisotopic (exact) mass is 385 g/mol. The highest BCUT2D eigenvalue weighted by Gasteiger charge is 2.37. The first kappa shape index (κ1) is 19.5. The zero-order valence-electron chi connectivity index (χ0n) is 18.3. The highest BCUT2D eigenvalue weighted by Crippen LogP contribution is 2.51. The lowest BCUT2D eigenvalue weighted by molar-refractivity contribution is 0.735. The van der Waals surface area contributed by atoms with Crippen LogP contribution in [0.1, 0.15) is 63.1 Å². The second-order valence-corrected chi connectivity index (χ2v) is 8.62. The van der Waals surface area contributed by atoms with Crippen LogP contribution in [-0.2, 0) is 0 Å². The third kappa shape index (κ3) is 3.19. The molecule has 0 fully saturated rings. The molecule has 3 nitrogen and oxygen atoms in total. The van der Waals surface area contributed by atoms with Crippen LogP contribution in [0.25, 0.3) is 0 Å². The number of aromatic nitrogens is 1. The van der Waals surface area contributed by atoms with E-state index in [1.807, 2.05) is 12.4 Å². The number of hydrogen-bond acceptors (Lipinski definition) is 3. The number of anilines is 4. The van der Waals surface area contributed by atoms with Crippen molar-refractivity contribution < 1.29 is 0 Å². The number of para-hydroxylation sites is 3. The molecule has 1 atom stereocenters. The predicted molar refractivity (Wildman–Crippen MR) is 124 cm³/mol. The van der Waals surface area contributed by atoms with Crippen molar-refractivity contribution in [1.29, 1.82) is 0 Å². The van der Waals surface area contributed by atoms with Crippen molar-refractivity contribution in [3.63, 3.8) is 0 Å². The van der Waals surface area contributed by atoms with Crippen LogP contribution in [0.5, 0.6) is 0 Å². The molecule has 1 aliphatic rings. The van der Waals surface area contributed by atoms with Gasteiger partial charge in [-0.2, -0.15) is 0 Å². The minimum Gasteiger partial charge on any atom is -0.318 e. The summed E-state index contributed by atoms with van der Waals surface area (Å²) in [6.07, 6.45) is 4.02. The normalized spacial score (nSPS) is 16.1. The van der Waals surface area contributed by atoms with Crippen molar-refractivity contribution in [1.82, 2.24) is 4.98 Å². The molecule has 3 aromatic rings. The van der Waals surface area contributed by atoms with Crippen molar-refractivity contribution >= 4 is 22.7 Å². The maximum Gasteiger partial charge on any atom is 0.108 e. The van der Waals surface area contributed by atoms with E-state index < -0.39 is 0 Å². The van der Waals surface area contributed by atoms with Gasteiger partial charge in [-0.15, -0.1) is 0 Å². The van der Waals surface area contributed by atoms with E-state index in [1.54, 1.807) is 0 Å². The molecule has 0 unspecified atom stereocenters. The molecular formula is C26H31N3. The topological polar surface area (TPSA) is 19.4 Å². The number of rotatable bonds is 4. The molecule has 4 rings (SSSR count). The van der Waals surface area contributed by atoms with Gasteiger partial charge in [0.25, 0.3) is 0 Å². The zero-order chi connectivity index (χ0) is 20.7. The molecule has 1 aliphatic heterocycles. The summed E-state index contributed by atoms with van der Waals surface area (Å²) < 4.78 is 0. The Labute approximate surface area is 175 Å². The zero-order valence-corrected chi connectivity index (χ0v) is 18.3. The summed E-state index contributed by atoms with van der Waals surface area (Å²) in [5.74, 6) is 0.912. The summed E-state index contributed by atoms with van der Waals surface area (Å²) >= 11 is 0. The number of pyridine rings is 1. The predicted octanol–water partition coefficient (Wildman–Crippen LogP) is 7.27. The molecule has 0 saturated heterocycles. The largest absolute Gasteiger partial charge is 0.318 e. The number of hydrogen-bond donors (Lipinski definition) is 0. The van der Waals surface area contributed by atoms with Crippen LogP contribution < -0.4 is 9.80 Å². The number of benzene rings is 2. The summed E-state index contributed by atoms with van der Waals surface area (Å²) in [5, 5.41) is 0. The first-order valence-corrected chi connectivity index (χ1v) is 10.6. The second-order valence-electron chi connectivity index (χ2n) is 8.62. The van der Waals surface area contributed by atoms with Crippen LogP contribution in [0.3, 0.4) is 0 Å². The Bertz CT molecular complexity index is 996. The Hall–Kier alpha value is -2.81. The van der Waals surface area contributed by atoms with Crippen molar-refractivity contribution in [2.24, 2.45) is 0 Å². The van der Waals surface area contributed by atoms with Crippen LogP contribution >= 0.6 is 0 Å². The van der Waals surface area contributed by atoms with E-state index in [0.717, 1.165) is 0 Å². The molecular weight excluding hydrogens is 354 g/mol. The van der Waals surface area contributed by atoms with Gasteiger partial charge in [-0.3, -0.25) is 4.98 Å². The van der Waals surface area contributed by atoms with Gasteiger partial charge in [0.2, 0.25) is 0 Å². The second kappa shape index (κ2) is 7.55. The molecule has 0 spiro atoms. The van der Waals surface area contributed by atoms with Gasteiger partial charge < -0.3 is 9.80 Å². The van der Waals surface area contributed by atoms with E-state index in [2.05, 4.69) is 105 Å². The van der Waals surface area contributed by atoms with E-state index in [1.165, 1.54) is 39.4 Å². The number of aryl methyl sites for hydroxylation is 1. The van der Waals surface area contributed by atoms with Gasteiger partial charge in [0.1, 0.15) is 6.17 Å². The van der Waals surface area contributed by atoms with E-state index in [0.29, 0.717) is 11.8 Å². The van der Waals surface area contributed by atoms with E-state index in [9.17, 15) is 0 Å². The lowest BCUT2D eigenvalue weighted by atomic mass is 9.91. The minimum absolute atomic E-state index is 0.160. The Morgan fingerprint density at radius 3 is 1.90 bits per heavy atom. The van der Waals surface area contributed by atoms with E-state index >= 15 is 0 Å². The molecule has 0 radical (unpaired) electrons. The average Bonchev–Trinajstić information content (AvgIpc) is 2.99. The van der Waals surface area contributed by atoms with Crippen LogP contribution in [-0.4, -0.2) is 11.1 Å². The van der Waals surface area contributed by atoms with E-state index in [-0.39, 0.29) is 6.17 Å². The number of nitrogens with zero attached hydrogens (tertiary/aromatic N) is 3. The van der Waals surface area contributed by atoms with Crippen LogP contribution in [0.2, 0.25) is 0 Å². The van der Waals surface area contributed by atoms with Gasteiger partial charge in [-0.25, -0.2) is 0 Å². The highest BCUT2D eigenvalue weighted by atomic mass is 15.4. The van der Waals surface area contributed by atoms with E-state index in [4.69, 9.17) is 0 Å². The minimum atomic E-state index is 0.160. The fraction of sp³-hybridized carbons (Fsp3) is 0.346. The molecule has 2 aromatic carbocycles. The molecule has 1 aromatic heterocycles. The van der Waals surface area contributed by atoms with Crippen LogP contribution in [0.15, 0.2) is 60.9 Å². The first-order chi connectivity index (χ1) is 13.9. The van der Waals surface area contributed by atoms with Crippen molar-refractivity contribution in [2.75, 3.05) is 9.80 Å². The highest BCUT2D eigenvalue weighted by molar-refractivity contribution is 5.90. The maximum absolute atomic E-state index is 4.43. The van der Waals surface area contributed by atoms with Gasteiger partial charge >= 0.3 is 0 Å². The lowest BCUT2D eigenvalue weighted by Crippen LogP contribution is -2.36. The molecule has 150 valence electrons. The smallest absolute Gasteiger partial charge is 0.108 e. The fourth-order valence-corrected chi connectivity index (χ4v) is 4.53. The molecule has 2 heterocycles. The summed E-state index contributed by atoms with van der Waals surface area (Å²) in [6.45, 7) is 13.6. The maximum atomic E-state index is 4.43. The van der Waals surface area contributed by atoms with Gasteiger partial charge in [0.15, 0.2) is 0 Å². The Kier molecular flexibility index (Phi) is 5.08. The average molecular weight is 386 g/mol. The van der Waals surface area contributed by atoms with Gasteiger partial charge in [-0.05, 0) is 60.6 Å². The summed E-state index contributed by atoms with van der Waals surface area (Å²) in [6, 6.07) is 17.6. The molecule has 0 amide bonds. The van der Waals surface area contributed by atoms with Crippen LogP contribution in [0, 0.1) is 6.92 Å². The third-order valence-corrected chi connectivity index (χ3v) is 6.00. The Balaban J connectivity index is 1.97. The quantitative estimate of drug-likeness (QED) is 0.470. The summed E-state index contributed by atoms with van der Waals surface area (Å²) in [5.41, 5.74) is 9.09. The lowest BCUT2D eigenvalue weighted by Gasteiger charge is -2.34.